The number of hydrogen-bond acceptors (Lipinski definition) is 5. The number of amides is 1. The number of aryl methyl sites for hydroxylation is 1. The topological polar surface area (TPSA) is 67.8 Å². The fourth-order valence-corrected chi connectivity index (χ4v) is 6.16. The molecule has 1 aromatic heterocycles. The number of allylic oxidation sites excluding steroid dienone is 2. The largest absolute Gasteiger partial charge is 0.495 e. The fraction of sp³-hybridized carbons (Fsp3) is 0.609. The first-order valence-corrected chi connectivity index (χ1v) is 11.2. The number of nitrogens with one attached hydrogen (secondary N) is 1. The molecular weight excluding hydrogens is 386 g/mol. The highest BCUT2D eigenvalue weighted by atomic mass is 32.1. The first-order valence-electron chi connectivity index (χ1n) is 10.4. The molecule has 6 heteroatoms. The number of aliphatic hydroxyl groups excluding tert-OH is 1. The molecule has 4 rings (SSSR count). The number of aliphatic hydroxyl groups is 1. The number of carbonyl (C=O) groups is 1. The molecule has 2 unspecified atom stereocenters. The lowest BCUT2D eigenvalue weighted by atomic mass is 9.95. The van der Waals surface area contributed by atoms with Crippen molar-refractivity contribution in [2.45, 2.75) is 58.7 Å². The molecule has 0 aromatic carbocycles. The van der Waals surface area contributed by atoms with Crippen molar-refractivity contribution >= 4 is 17.2 Å². The van der Waals surface area contributed by atoms with E-state index in [0.717, 1.165) is 22.6 Å². The van der Waals surface area contributed by atoms with Crippen molar-refractivity contribution in [3.63, 3.8) is 0 Å². The minimum absolute atomic E-state index is 0.0225. The number of thiophene rings is 1. The maximum absolute atomic E-state index is 12.9. The number of hydrogen-bond donors (Lipinski definition) is 2. The van der Waals surface area contributed by atoms with Crippen LogP contribution in [-0.2, 0) is 15.9 Å². The van der Waals surface area contributed by atoms with Crippen LogP contribution in [0.5, 0.6) is 0 Å². The molecule has 29 heavy (non-hydrogen) atoms. The van der Waals surface area contributed by atoms with Crippen molar-refractivity contribution in [2.75, 3.05) is 20.3 Å². The van der Waals surface area contributed by atoms with Gasteiger partial charge in [-0.15, -0.1) is 11.3 Å². The zero-order valence-corrected chi connectivity index (χ0v) is 18.7. The Morgan fingerprint density at radius 3 is 2.83 bits per heavy atom. The molecule has 1 amide bonds. The summed E-state index contributed by atoms with van der Waals surface area (Å²) in [6.45, 7) is 9.26. The molecule has 158 valence electrons. The van der Waals surface area contributed by atoms with Crippen molar-refractivity contribution in [1.29, 1.82) is 0 Å². The van der Waals surface area contributed by atoms with E-state index in [0.29, 0.717) is 30.2 Å². The average molecular weight is 418 g/mol. The number of fused-ring (bicyclic) bond motifs is 3. The van der Waals surface area contributed by atoms with Gasteiger partial charge >= 0.3 is 0 Å². The van der Waals surface area contributed by atoms with Gasteiger partial charge in [0.05, 0.1) is 22.8 Å². The molecular formula is C23H31NO4S. The molecule has 0 saturated heterocycles. The molecule has 0 bridgehead atoms. The second-order valence-electron chi connectivity index (χ2n) is 9.13. The van der Waals surface area contributed by atoms with E-state index in [-0.39, 0.29) is 18.6 Å². The lowest BCUT2D eigenvalue weighted by Gasteiger charge is -2.24. The van der Waals surface area contributed by atoms with Crippen LogP contribution in [0.2, 0.25) is 0 Å². The lowest BCUT2D eigenvalue weighted by Crippen LogP contribution is -2.31. The maximum Gasteiger partial charge on any atom is 0.261 e. The Kier molecular flexibility index (Phi) is 5.38. The fourth-order valence-electron chi connectivity index (χ4n) is 5.01. The molecule has 2 N–H and O–H groups in total. The molecule has 0 aliphatic heterocycles. The van der Waals surface area contributed by atoms with Gasteiger partial charge in [0.15, 0.2) is 0 Å². The van der Waals surface area contributed by atoms with E-state index in [1.165, 1.54) is 16.0 Å². The van der Waals surface area contributed by atoms with Crippen LogP contribution >= 0.6 is 11.3 Å². The Bertz CT molecular complexity index is 880. The van der Waals surface area contributed by atoms with Crippen LogP contribution in [0, 0.1) is 18.3 Å². The normalized spacial score (nSPS) is 27.4. The molecule has 0 radical (unpaired) electrons. The lowest BCUT2D eigenvalue weighted by molar-refractivity contribution is 0.0606. The molecule has 1 heterocycles. The third-order valence-electron chi connectivity index (χ3n) is 6.76. The number of carbonyl (C=O) groups excluding carboxylic acids is 1. The summed E-state index contributed by atoms with van der Waals surface area (Å²) in [5.41, 5.74) is 4.16. The summed E-state index contributed by atoms with van der Waals surface area (Å²) in [5.74, 6) is 2.16. The van der Waals surface area contributed by atoms with Crippen LogP contribution in [0.1, 0.15) is 58.8 Å². The summed E-state index contributed by atoms with van der Waals surface area (Å²) in [6, 6.07) is 0. The van der Waals surface area contributed by atoms with Gasteiger partial charge in [0.1, 0.15) is 6.61 Å². The number of rotatable bonds is 7. The highest BCUT2D eigenvalue weighted by Crippen LogP contribution is 2.71. The summed E-state index contributed by atoms with van der Waals surface area (Å²) >= 11 is 1.64. The van der Waals surface area contributed by atoms with Gasteiger partial charge < -0.3 is 19.9 Å². The van der Waals surface area contributed by atoms with Crippen LogP contribution < -0.4 is 5.32 Å². The number of ether oxygens (including phenoxy) is 2. The van der Waals surface area contributed by atoms with Gasteiger partial charge in [-0.05, 0) is 60.3 Å². The van der Waals surface area contributed by atoms with Gasteiger partial charge in [0, 0.05) is 25.0 Å². The SMILES string of the molecule is COC1CC(OCC(C)O)=CC=C1CNC(=O)c1sc(C)c2c1C[C@@H]1[C@H]2C1(C)C. The van der Waals surface area contributed by atoms with Crippen molar-refractivity contribution in [1.82, 2.24) is 5.32 Å². The predicted octanol–water partition coefficient (Wildman–Crippen LogP) is 3.71. The Morgan fingerprint density at radius 2 is 2.14 bits per heavy atom. The standard InChI is InChI=1S/C23H31NO4S/c1-12(25)11-28-15-7-6-14(18(8-15)27-5)10-24-22(26)21-16-9-17-20(23(17,3)4)19(16)13(2)29-21/h6-7,12,17-18,20,25H,8-11H2,1-5H3,(H,24,26)/t12?,17-,18?,20-/m1/s1. The van der Waals surface area contributed by atoms with Gasteiger partial charge in [-0.1, -0.05) is 19.9 Å². The summed E-state index contributed by atoms with van der Waals surface area (Å²) in [7, 11) is 1.67. The second kappa shape index (κ2) is 7.56. The molecule has 1 aromatic rings. The zero-order valence-electron chi connectivity index (χ0n) is 17.9. The van der Waals surface area contributed by atoms with Crippen molar-refractivity contribution in [2.24, 2.45) is 11.3 Å². The van der Waals surface area contributed by atoms with Crippen LogP contribution in [0.25, 0.3) is 0 Å². The summed E-state index contributed by atoms with van der Waals surface area (Å²) in [6.07, 6.45) is 4.87. The molecule has 5 nitrogen and oxygen atoms in total. The second-order valence-corrected chi connectivity index (χ2v) is 10.4. The third-order valence-corrected chi connectivity index (χ3v) is 7.92. The Hall–Kier alpha value is -1.63. The number of methoxy groups -OCH3 is 1. The Labute approximate surface area is 176 Å². The molecule has 3 aliphatic rings. The molecule has 3 aliphatic carbocycles. The van der Waals surface area contributed by atoms with Crippen molar-refractivity contribution in [3.05, 3.63) is 44.4 Å². The first-order chi connectivity index (χ1) is 13.7. The van der Waals surface area contributed by atoms with Crippen LogP contribution in [0.4, 0.5) is 0 Å². The Balaban J connectivity index is 1.42. The van der Waals surface area contributed by atoms with Gasteiger partial charge in [0.2, 0.25) is 0 Å². The van der Waals surface area contributed by atoms with E-state index < -0.39 is 6.10 Å². The van der Waals surface area contributed by atoms with E-state index >= 15 is 0 Å². The highest BCUT2D eigenvalue weighted by Gasteiger charge is 2.63. The van der Waals surface area contributed by atoms with Gasteiger partial charge in [-0.2, -0.15) is 0 Å². The molecule has 1 fully saturated rings. The van der Waals surface area contributed by atoms with Gasteiger partial charge in [0.25, 0.3) is 5.91 Å². The monoisotopic (exact) mass is 417 g/mol. The predicted molar refractivity (Wildman–Crippen MR) is 114 cm³/mol. The van der Waals surface area contributed by atoms with Crippen molar-refractivity contribution < 1.29 is 19.4 Å². The quantitative estimate of drug-likeness (QED) is 0.710. The molecule has 0 spiro atoms. The van der Waals surface area contributed by atoms with Crippen LogP contribution in [-0.4, -0.2) is 43.5 Å². The minimum atomic E-state index is -0.505. The van der Waals surface area contributed by atoms with Gasteiger partial charge in [-0.3, -0.25) is 4.79 Å². The minimum Gasteiger partial charge on any atom is -0.495 e. The van der Waals surface area contributed by atoms with E-state index in [9.17, 15) is 9.90 Å². The average Bonchev–Trinajstić information content (AvgIpc) is 3.02. The third kappa shape index (κ3) is 3.66. The molecule has 4 atom stereocenters. The van der Waals surface area contributed by atoms with Crippen molar-refractivity contribution in [3.8, 4) is 0 Å². The van der Waals surface area contributed by atoms with E-state index in [1.807, 2.05) is 12.2 Å². The van der Waals surface area contributed by atoms with Crippen LogP contribution in [0.3, 0.4) is 0 Å². The van der Waals surface area contributed by atoms with Gasteiger partial charge in [-0.25, -0.2) is 0 Å². The van der Waals surface area contributed by atoms with E-state index in [4.69, 9.17) is 9.47 Å². The summed E-state index contributed by atoms with van der Waals surface area (Å²) < 4.78 is 11.2. The van der Waals surface area contributed by atoms with E-state index in [2.05, 4.69) is 26.1 Å². The van der Waals surface area contributed by atoms with Crippen LogP contribution in [0.15, 0.2) is 23.5 Å². The zero-order chi connectivity index (χ0) is 20.9. The highest BCUT2D eigenvalue weighted by molar-refractivity contribution is 7.14. The smallest absolute Gasteiger partial charge is 0.261 e. The maximum atomic E-state index is 12.9. The Morgan fingerprint density at radius 1 is 1.38 bits per heavy atom. The van der Waals surface area contributed by atoms with E-state index in [1.54, 1.807) is 25.4 Å². The summed E-state index contributed by atoms with van der Waals surface area (Å²) in [4.78, 5) is 15.1. The molecule has 1 saturated carbocycles. The first kappa shape index (κ1) is 20.6. The summed E-state index contributed by atoms with van der Waals surface area (Å²) in [5, 5.41) is 12.5.